The van der Waals surface area contributed by atoms with Crippen molar-refractivity contribution in [3.8, 4) is 11.8 Å². The molecule has 0 saturated heterocycles. The molecule has 7 heteroatoms. The number of hydrogen-bond acceptors (Lipinski definition) is 5. The molecule has 0 aliphatic rings. The van der Waals surface area contributed by atoms with Gasteiger partial charge in [-0.2, -0.15) is 5.26 Å². The molecule has 0 bridgehead atoms. The molecular weight excluding hydrogens is 322 g/mol. The van der Waals surface area contributed by atoms with Crippen molar-refractivity contribution < 1.29 is 14.5 Å². The van der Waals surface area contributed by atoms with Crippen LogP contribution in [0.2, 0.25) is 0 Å². The van der Waals surface area contributed by atoms with E-state index < -0.39 is 4.92 Å². The SMILES string of the molecule is N#CCCN(Cc1ccccc1)C(=O)COc1ccc([N+](=O)[O-])cc1. The van der Waals surface area contributed by atoms with Gasteiger partial charge in [0.05, 0.1) is 17.4 Å². The Morgan fingerprint density at radius 2 is 1.84 bits per heavy atom. The zero-order valence-electron chi connectivity index (χ0n) is 13.5. The summed E-state index contributed by atoms with van der Waals surface area (Å²) < 4.78 is 5.40. The van der Waals surface area contributed by atoms with Crippen LogP contribution in [0.5, 0.6) is 5.75 Å². The second-order valence-electron chi connectivity index (χ2n) is 5.25. The maximum Gasteiger partial charge on any atom is 0.269 e. The standard InChI is InChI=1S/C18H17N3O4/c19-11-4-12-20(13-15-5-2-1-3-6-15)18(22)14-25-17-9-7-16(8-10-17)21(23)24/h1-3,5-10H,4,12-14H2. The van der Waals surface area contributed by atoms with Crippen LogP contribution in [0.1, 0.15) is 12.0 Å². The Morgan fingerprint density at radius 1 is 1.16 bits per heavy atom. The molecule has 7 nitrogen and oxygen atoms in total. The van der Waals surface area contributed by atoms with Crippen LogP contribution >= 0.6 is 0 Å². The summed E-state index contributed by atoms with van der Waals surface area (Å²) in [6, 6.07) is 17.0. The summed E-state index contributed by atoms with van der Waals surface area (Å²) in [6.07, 6.45) is 0.232. The Balaban J connectivity index is 1.96. The Morgan fingerprint density at radius 3 is 2.44 bits per heavy atom. The van der Waals surface area contributed by atoms with Gasteiger partial charge in [0, 0.05) is 25.2 Å². The van der Waals surface area contributed by atoms with Crippen molar-refractivity contribution in [3.63, 3.8) is 0 Å². The van der Waals surface area contributed by atoms with E-state index in [4.69, 9.17) is 10.00 Å². The van der Waals surface area contributed by atoms with E-state index in [0.29, 0.717) is 18.8 Å². The van der Waals surface area contributed by atoms with Crippen molar-refractivity contribution >= 4 is 11.6 Å². The van der Waals surface area contributed by atoms with E-state index in [1.807, 2.05) is 36.4 Å². The molecule has 0 atom stereocenters. The minimum absolute atomic E-state index is 0.0431. The smallest absolute Gasteiger partial charge is 0.269 e. The molecule has 0 radical (unpaired) electrons. The fraction of sp³-hybridized carbons (Fsp3) is 0.222. The van der Waals surface area contributed by atoms with Crippen LogP contribution < -0.4 is 4.74 Å². The molecule has 0 N–H and O–H groups in total. The van der Waals surface area contributed by atoms with Gasteiger partial charge < -0.3 is 9.64 Å². The molecule has 0 unspecified atom stereocenters. The van der Waals surface area contributed by atoms with Crippen LogP contribution in [0.15, 0.2) is 54.6 Å². The number of carbonyl (C=O) groups excluding carboxylic acids is 1. The van der Waals surface area contributed by atoms with Crippen molar-refractivity contribution in [3.05, 3.63) is 70.3 Å². The molecule has 0 aromatic heterocycles. The number of nitrogens with zero attached hydrogens (tertiary/aromatic N) is 3. The van der Waals surface area contributed by atoms with Crippen molar-refractivity contribution in [2.75, 3.05) is 13.2 Å². The molecule has 0 heterocycles. The molecule has 1 amide bonds. The normalized spacial score (nSPS) is 9.88. The van der Waals surface area contributed by atoms with Crippen molar-refractivity contribution in [1.29, 1.82) is 5.26 Å². The summed E-state index contributed by atoms with van der Waals surface area (Å²) in [5.74, 6) is 0.122. The average Bonchev–Trinajstić information content (AvgIpc) is 2.64. The highest BCUT2D eigenvalue weighted by Gasteiger charge is 2.15. The third-order valence-electron chi connectivity index (χ3n) is 3.47. The molecule has 25 heavy (non-hydrogen) atoms. The Bertz CT molecular complexity index is 754. The van der Waals surface area contributed by atoms with Gasteiger partial charge in [-0.3, -0.25) is 14.9 Å². The largest absolute Gasteiger partial charge is 0.484 e. The number of carbonyl (C=O) groups is 1. The predicted molar refractivity (Wildman–Crippen MR) is 90.7 cm³/mol. The fourth-order valence-corrected chi connectivity index (χ4v) is 2.18. The van der Waals surface area contributed by atoms with Gasteiger partial charge >= 0.3 is 0 Å². The summed E-state index contributed by atoms with van der Waals surface area (Å²) in [5, 5.41) is 19.4. The number of non-ortho nitro benzene ring substituents is 1. The first-order valence-electron chi connectivity index (χ1n) is 7.66. The lowest BCUT2D eigenvalue weighted by Gasteiger charge is -2.22. The van der Waals surface area contributed by atoms with Crippen molar-refractivity contribution in [1.82, 2.24) is 4.90 Å². The zero-order valence-corrected chi connectivity index (χ0v) is 13.5. The fourth-order valence-electron chi connectivity index (χ4n) is 2.18. The van der Waals surface area contributed by atoms with Gasteiger partial charge in [0.15, 0.2) is 6.61 Å². The van der Waals surface area contributed by atoms with Crippen LogP contribution in [0.25, 0.3) is 0 Å². The third-order valence-corrected chi connectivity index (χ3v) is 3.47. The molecule has 0 aliphatic carbocycles. The summed E-state index contributed by atoms with van der Waals surface area (Å²) in [7, 11) is 0. The van der Waals surface area contributed by atoms with E-state index in [9.17, 15) is 14.9 Å². The minimum Gasteiger partial charge on any atom is -0.484 e. The number of amides is 1. The number of nitro benzene ring substituents is 1. The lowest BCUT2D eigenvalue weighted by atomic mass is 10.2. The summed E-state index contributed by atoms with van der Waals surface area (Å²) in [4.78, 5) is 24.1. The van der Waals surface area contributed by atoms with Crippen molar-refractivity contribution in [2.24, 2.45) is 0 Å². The molecule has 2 aromatic rings. The second kappa shape index (κ2) is 9.03. The van der Waals surface area contributed by atoms with E-state index in [-0.39, 0.29) is 24.6 Å². The Kier molecular flexibility index (Phi) is 6.48. The molecular formula is C18H17N3O4. The Labute approximate surface area is 145 Å². The monoisotopic (exact) mass is 339 g/mol. The molecule has 2 rings (SSSR count). The highest BCUT2D eigenvalue weighted by molar-refractivity contribution is 5.77. The maximum atomic E-state index is 12.4. The number of nitriles is 1. The lowest BCUT2D eigenvalue weighted by Crippen LogP contribution is -2.35. The third kappa shape index (κ3) is 5.62. The first kappa shape index (κ1) is 17.9. The number of hydrogen-bond donors (Lipinski definition) is 0. The second-order valence-corrected chi connectivity index (χ2v) is 5.25. The van der Waals surface area contributed by atoms with E-state index in [2.05, 4.69) is 0 Å². The van der Waals surface area contributed by atoms with Gasteiger partial charge in [0.25, 0.3) is 11.6 Å². The van der Waals surface area contributed by atoms with Crippen LogP contribution in [0.4, 0.5) is 5.69 Å². The summed E-state index contributed by atoms with van der Waals surface area (Å²) >= 11 is 0. The Hall–Kier alpha value is -3.40. The van der Waals surface area contributed by atoms with Gasteiger partial charge in [-0.1, -0.05) is 30.3 Å². The van der Waals surface area contributed by atoms with E-state index in [0.717, 1.165) is 5.56 Å². The predicted octanol–water partition coefficient (Wildman–Crippen LogP) is 2.92. The highest BCUT2D eigenvalue weighted by atomic mass is 16.6. The first-order valence-corrected chi connectivity index (χ1v) is 7.66. The first-order chi connectivity index (χ1) is 12.1. The van der Waals surface area contributed by atoms with Crippen LogP contribution in [0.3, 0.4) is 0 Å². The lowest BCUT2D eigenvalue weighted by molar-refractivity contribution is -0.384. The summed E-state index contributed by atoms with van der Waals surface area (Å²) in [6.45, 7) is 0.509. The maximum absolute atomic E-state index is 12.4. The van der Waals surface area contributed by atoms with Gasteiger partial charge in [-0.05, 0) is 17.7 Å². The van der Waals surface area contributed by atoms with E-state index in [1.165, 1.54) is 24.3 Å². The topological polar surface area (TPSA) is 96.5 Å². The number of ether oxygens (including phenoxy) is 1. The average molecular weight is 339 g/mol. The minimum atomic E-state index is -0.502. The van der Waals surface area contributed by atoms with Crippen molar-refractivity contribution in [2.45, 2.75) is 13.0 Å². The quantitative estimate of drug-likeness (QED) is 0.544. The summed E-state index contributed by atoms with van der Waals surface area (Å²) in [5.41, 5.74) is 0.919. The van der Waals surface area contributed by atoms with Crippen LogP contribution in [-0.4, -0.2) is 28.9 Å². The number of rotatable bonds is 8. The molecule has 0 aliphatic heterocycles. The van der Waals surface area contributed by atoms with Crippen LogP contribution in [-0.2, 0) is 11.3 Å². The van der Waals surface area contributed by atoms with Gasteiger partial charge in [0.1, 0.15) is 5.75 Å². The molecule has 0 saturated carbocycles. The zero-order chi connectivity index (χ0) is 18.1. The highest BCUT2D eigenvalue weighted by Crippen LogP contribution is 2.17. The molecule has 0 spiro atoms. The number of nitro groups is 1. The van der Waals surface area contributed by atoms with Gasteiger partial charge in [-0.25, -0.2) is 0 Å². The molecule has 0 fully saturated rings. The van der Waals surface area contributed by atoms with Gasteiger partial charge in [0.2, 0.25) is 0 Å². The van der Waals surface area contributed by atoms with E-state index >= 15 is 0 Å². The number of benzene rings is 2. The van der Waals surface area contributed by atoms with Crippen LogP contribution in [0, 0.1) is 21.4 Å². The van der Waals surface area contributed by atoms with E-state index in [1.54, 1.807) is 4.90 Å². The molecule has 2 aromatic carbocycles. The van der Waals surface area contributed by atoms with Gasteiger partial charge in [-0.15, -0.1) is 0 Å². The molecule has 128 valence electrons.